The highest BCUT2D eigenvalue weighted by Gasteiger charge is 2.79. The fourth-order valence-electron chi connectivity index (χ4n) is 8.11. The van der Waals surface area contributed by atoms with Crippen LogP contribution in [0.3, 0.4) is 0 Å². The molecular weight excluding hydrogens is 508 g/mol. The van der Waals surface area contributed by atoms with Gasteiger partial charge >= 0.3 is 5.97 Å². The summed E-state index contributed by atoms with van der Waals surface area (Å²) in [6.07, 6.45) is 12.3. The number of nitrogens with zero attached hydrogens (tertiary/aromatic N) is 2. The number of likely N-dealkylation sites (tertiary alicyclic amines) is 1. The lowest BCUT2D eigenvalue weighted by atomic mass is 9.65. The second kappa shape index (κ2) is 12.8. The number of unbranched alkanes of at least 4 members (excludes halogenated alkanes) is 1. The molecule has 4 aliphatic rings. The van der Waals surface area contributed by atoms with Crippen LogP contribution in [0.2, 0.25) is 0 Å². The van der Waals surface area contributed by atoms with Crippen molar-refractivity contribution in [3.8, 4) is 0 Å². The van der Waals surface area contributed by atoms with Gasteiger partial charge in [-0.1, -0.05) is 52.2 Å². The van der Waals surface area contributed by atoms with E-state index in [1.54, 1.807) is 17.1 Å². The Labute approximate surface area is 240 Å². The average molecular weight is 559 g/mol. The molecule has 2 bridgehead atoms. The minimum atomic E-state index is -1.12. The van der Waals surface area contributed by atoms with Gasteiger partial charge in [0, 0.05) is 12.6 Å². The molecule has 8 heteroatoms. The van der Waals surface area contributed by atoms with Crippen molar-refractivity contribution in [3.05, 3.63) is 25.3 Å². The maximum atomic E-state index is 14.7. The Hall–Kier alpha value is -2.19. The summed E-state index contributed by atoms with van der Waals surface area (Å²) in [6, 6.07) is -1.36. The van der Waals surface area contributed by atoms with Crippen molar-refractivity contribution in [2.45, 2.75) is 121 Å². The summed E-state index contributed by atoms with van der Waals surface area (Å²) in [5.74, 6) is -2.20. The Morgan fingerprint density at radius 1 is 1.20 bits per heavy atom. The molecule has 4 fully saturated rings. The van der Waals surface area contributed by atoms with Crippen LogP contribution in [-0.2, 0) is 23.9 Å². The molecule has 0 aromatic heterocycles. The number of fused-ring (bicyclic) bond motifs is 1. The minimum Gasteiger partial charge on any atom is -0.465 e. The quantitative estimate of drug-likeness (QED) is 0.193. The maximum absolute atomic E-state index is 14.7. The zero-order chi connectivity index (χ0) is 29.1. The molecule has 2 unspecified atom stereocenters. The summed E-state index contributed by atoms with van der Waals surface area (Å²) in [6.45, 7) is 14.1. The number of aliphatic hydroxyl groups excluding tert-OH is 1. The Bertz CT molecular complexity index is 961. The molecule has 8 nitrogen and oxygen atoms in total. The second-order valence-corrected chi connectivity index (χ2v) is 12.7. The number of amides is 2. The number of rotatable bonds is 14. The van der Waals surface area contributed by atoms with Crippen molar-refractivity contribution in [2.75, 3.05) is 19.8 Å². The van der Waals surface area contributed by atoms with E-state index in [4.69, 9.17) is 9.47 Å². The molecule has 0 aromatic rings. The standard InChI is InChI=1S/C32H50N2O6/c1-6-9-13-19-39-30(38)26-25-28(36)34(24(21-35)20-22(4)5)27(32(25)17-16-31(26,8-3)40-32)29(37)33(18-7-2)23-14-11-10-12-15-23/h6-7,22-27,35H,1-2,8-21H2,3-5H3/t24-,25+,26-,27?,31+,32?/m1/s1. The summed E-state index contributed by atoms with van der Waals surface area (Å²) >= 11 is 0. The number of hydrogen-bond acceptors (Lipinski definition) is 6. The van der Waals surface area contributed by atoms with Crippen molar-refractivity contribution in [3.63, 3.8) is 0 Å². The minimum absolute atomic E-state index is 0.0775. The highest BCUT2D eigenvalue weighted by atomic mass is 16.6. The van der Waals surface area contributed by atoms with Crippen LogP contribution in [0.5, 0.6) is 0 Å². The molecule has 224 valence electrons. The number of carbonyl (C=O) groups is 3. The van der Waals surface area contributed by atoms with Crippen molar-refractivity contribution in [1.82, 2.24) is 9.80 Å². The van der Waals surface area contributed by atoms with E-state index >= 15 is 0 Å². The summed E-state index contributed by atoms with van der Waals surface area (Å²) in [5.41, 5.74) is -1.95. The van der Waals surface area contributed by atoms with Gasteiger partial charge in [-0.05, 0) is 57.3 Å². The van der Waals surface area contributed by atoms with Crippen LogP contribution in [0.25, 0.3) is 0 Å². The van der Waals surface area contributed by atoms with Gasteiger partial charge in [0.1, 0.15) is 17.6 Å². The van der Waals surface area contributed by atoms with Gasteiger partial charge in [0.25, 0.3) is 0 Å². The molecule has 0 radical (unpaired) electrons. The monoisotopic (exact) mass is 558 g/mol. The van der Waals surface area contributed by atoms with Gasteiger partial charge in [-0.15, -0.1) is 13.2 Å². The highest BCUT2D eigenvalue weighted by molar-refractivity contribution is 5.99. The van der Waals surface area contributed by atoms with E-state index in [9.17, 15) is 19.5 Å². The number of ether oxygens (including phenoxy) is 2. The molecule has 4 rings (SSSR count). The topological polar surface area (TPSA) is 96.4 Å². The van der Waals surface area contributed by atoms with E-state index in [2.05, 4.69) is 13.2 Å². The second-order valence-electron chi connectivity index (χ2n) is 12.7. The van der Waals surface area contributed by atoms with E-state index in [0.717, 1.165) is 38.5 Å². The summed E-state index contributed by atoms with van der Waals surface area (Å²) in [4.78, 5) is 46.4. The fraction of sp³-hybridized carbons (Fsp3) is 0.781. The molecule has 3 saturated heterocycles. The zero-order valence-corrected chi connectivity index (χ0v) is 24.8. The lowest BCUT2D eigenvalue weighted by Crippen LogP contribution is -2.60. The predicted octanol–water partition coefficient (Wildman–Crippen LogP) is 4.40. The Balaban J connectivity index is 1.77. The number of aliphatic hydroxyl groups is 1. The van der Waals surface area contributed by atoms with Gasteiger partial charge in [-0.3, -0.25) is 14.4 Å². The lowest BCUT2D eigenvalue weighted by molar-refractivity contribution is -0.164. The SMILES string of the molecule is C=CCCCOC(=O)[C@H]1[C@H]2C(=O)N([C@@H](CO)CC(C)C)C(C(=O)N(CC=C)C3CCCCC3)C23CC[C@]1(CC)O3. The highest BCUT2D eigenvalue weighted by Crippen LogP contribution is 2.65. The van der Waals surface area contributed by atoms with Gasteiger partial charge in [-0.25, -0.2) is 0 Å². The molecule has 1 aliphatic carbocycles. The third-order valence-electron chi connectivity index (χ3n) is 9.88. The van der Waals surface area contributed by atoms with Crippen LogP contribution < -0.4 is 0 Å². The zero-order valence-electron chi connectivity index (χ0n) is 24.8. The molecule has 3 aliphatic heterocycles. The molecule has 6 atom stereocenters. The fourth-order valence-corrected chi connectivity index (χ4v) is 8.11. The van der Waals surface area contributed by atoms with E-state index in [-0.39, 0.29) is 37.0 Å². The third kappa shape index (κ3) is 5.26. The Morgan fingerprint density at radius 3 is 2.52 bits per heavy atom. The van der Waals surface area contributed by atoms with Crippen molar-refractivity contribution in [1.29, 1.82) is 0 Å². The lowest BCUT2D eigenvalue weighted by Gasteiger charge is -2.42. The van der Waals surface area contributed by atoms with Crippen LogP contribution in [0, 0.1) is 17.8 Å². The van der Waals surface area contributed by atoms with Gasteiger partial charge in [0.15, 0.2) is 0 Å². The smallest absolute Gasteiger partial charge is 0.312 e. The molecule has 1 N–H and O–H groups in total. The number of hydrogen-bond donors (Lipinski definition) is 1. The first-order valence-corrected chi connectivity index (χ1v) is 15.5. The number of esters is 1. The molecule has 2 amide bonds. The molecule has 40 heavy (non-hydrogen) atoms. The number of carbonyl (C=O) groups excluding carboxylic acids is 3. The Kier molecular flexibility index (Phi) is 9.82. The average Bonchev–Trinajstić information content (AvgIpc) is 3.56. The van der Waals surface area contributed by atoms with E-state index in [0.29, 0.717) is 38.6 Å². The van der Waals surface area contributed by atoms with Crippen LogP contribution in [0.4, 0.5) is 0 Å². The first-order chi connectivity index (χ1) is 19.2. The van der Waals surface area contributed by atoms with Crippen LogP contribution in [0.15, 0.2) is 25.3 Å². The summed E-state index contributed by atoms with van der Waals surface area (Å²) in [5, 5.41) is 10.5. The van der Waals surface area contributed by atoms with Crippen LogP contribution in [-0.4, -0.2) is 81.8 Å². The van der Waals surface area contributed by atoms with Gasteiger partial charge in [0.2, 0.25) is 11.8 Å². The molecular formula is C32H50N2O6. The van der Waals surface area contributed by atoms with Crippen LogP contribution in [0.1, 0.15) is 91.4 Å². The van der Waals surface area contributed by atoms with Gasteiger partial charge in [0.05, 0.1) is 30.8 Å². The largest absolute Gasteiger partial charge is 0.465 e. The van der Waals surface area contributed by atoms with Gasteiger partial charge < -0.3 is 24.4 Å². The maximum Gasteiger partial charge on any atom is 0.312 e. The predicted molar refractivity (Wildman–Crippen MR) is 153 cm³/mol. The molecule has 1 saturated carbocycles. The van der Waals surface area contributed by atoms with Gasteiger partial charge in [-0.2, -0.15) is 0 Å². The third-order valence-corrected chi connectivity index (χ3v) is 9.88. The van der Waals surface area contributed by atoms with Crippen molar-refractivity contribution in [2.24, 2.45) is 17.8 Å². The normalized spacial score (nSPS) is 32.3. The van der Waals surface area contributed by atoms with Crippen molar-refractivity contribution >= 4 is 17.8 Å². The van der Waals surface area contributed by atoms with Crippen molar-refractivity contribution < 1.29 is 29.0 Å². The first kappa shape index (κ1) is 30.8. The van der Waals surface area contributed by atoms with E-state index < -0.39 is 41.1 Å². The van der Waals surface area contributed by atoms with Crippen LogP contribution >= 0.6 is 0 Å². The molecule has 3 heterocycles. The molecule has 1 spiro atoms. The Morgan fingerprint density at radius 2 is 1.93 bits per heavy atom. The summed E-state index contributed by atoms with van der Waals surface area (Å²) in [7, 11) is 0. The first-order valence-electron chi connectivity index (χ1n) is 15.5. The van der Waals surface area contributed by atoms with E-state index in [1.165, 1.54) is 0 Å². The molecule has 0 aromatic carbocycles. The number of allylic oxidation sites excluding steroid dienone is 1. The summed E-state index contributed by atoms with van der Waals surface area (Å²) < 4.78 is 12.6. The van der Waals surface area contributed by atoms with E-state index in [1.807, 2.05) is 25.7 Å².